The summed E-state index contributed by atoms with van der Waals surface area (Å²) < 4.78 is 5.39. The fourth-order valence-electron chi connectivity index (χ4n) is 2.49. The zero-order valence-corrected chi connectivity index (χ0v) is 10.9. The van der Waals surface area contributed by atoms with E-state index in [1.165, 1.54) is 16.7 Å². The van der Waals surface area contributed by atoms with Crippen LogP contribution in [0.4, 0.5) is 0 Å². The number of fused-ring (bicyclic) bond motifs is 1. The lowest BCUT2D eigenvalue weighted by Gasteiger charge is -2.28. The Morgan fingerprint density at radius 2 is 2.22 bits per heavy atom. The maximum atomic E-state index is 10.7. The van der Waals surface area contributed by atoms with Gasteiger partial charge in [-0.1, -0.05) is 13.0 Å². The highest BCUT2D eigenvalue weighted by atomic mass is 16.5. The second-order valence-electron chi connectivity index (χ2n) is 4.64. The number of carboxylic acids is 1. The lowest BCUT2D eigenvalue weighted by Crippen LogP contribution is -2.34. The normalized spacial score (nSPS) is 15.2. The van der Waals surface area contributed by atoms with E-state index in [-0.39, 0.29) is 6.54 Å². The first-order valence-corrected chi connectivity index (χ1v) is 6.26. The number of carboxylic acid groups (broad SMARTS) is 1. The summed E-state index contributed by atoms with van der Waals surface area (Å²) in [7, 11) is 1.69. The van der Waals surface area contributed by atoms with E-state index in [0.29, 0.717) is 0 Å². The summed E-state index contributed by atoms with van der Waals surface area (Å²) in [5.74, 6) is 0.186. The first-order valence-electron chi connectivity index (χ1n) is 6.26. The Balaban J connectivity index is 2.24. The number of nitrogens with zero attached hydrogens (tertiary/aromatic N) is 1. The highest BCUT2D eigenvalue weighted by Gasteiger charge is 2.19. The van der Waals surface area contributed by atoms with Crippen LogP contribution in [-0.4, -0.2) is 36.2 Å². The molecule has 98 valence electrons. The fraction of sp³-hybridized carbons (Fsp3) is 0.500. The molecular formula is C14H19NO3. The van der Waals surface area contributed by atoms with Gasteiger partial charge < -0.3 is 9.84 Å². The van der Waals surface area contributed by atoms with Gasteiger partial charge in [0.15, 0.2) is 0 Å². The minimum absolute atomic E-state index is 0.118. The van der Waals surface area contributed by atoms with E-state index >= 15 is 0 Å². The van der Waals surface area contributed by atoms with Crippen LogP contribution in [0.15, 0.2) is 12.1 Å². The van der Waals surface area contributed by atoms with Gasteiger partial charge in [-0.15, -0.1) is 0 Å². The van der Waals surface area contributed by atoms with E-state index in [4.69, 9.17) is 9.84 Å². The number of rotatable bonds is 4. The van der Waals surface area contributed by atoms with Crippen LogP contribution in [0.25, 0.3) is 0 Å². The molecule has 1 N–H and O–H groups in total. The van der Waals surface area contributed by atoms with Crippen LogP contribution in [0.5, 0.6) is 5.75 Å². The summed E-state index contributed by atoms with van der Waals surface area (Å²) in [4.78, 5) is 12.7. The van der Waals surface area contributed by atoms with Gasteiger partial charge in [-0.3, -0.25) is 9.69 Å². The average molecular weight is 249 g/mol. The van der Waals surface area contributed by atoms with E-state index in [2.05, 4.69) is 19.1 Å². The van der Waals surface area contributed by atoms with Gasteiger partial charge in [-0.2, -0.15) is 0 Å². The molecule has 1 aliphatic rings. The van der Waals surface area contributed by atoms with Crippen molar-refractivity contribution in [3.05, 3.63) is 28.8 Å². The molecule has 0 atom stereocenters. The third-order valence-corrected chi connectivity index (χ3v) is 3.43. The van der Waals surface area contributed by atoms with Crippen molar-refractivity contribution in [2.75, 3.05) is 20.2 Å². The van der Waals surface area contributed by atoms with E-state index in [1.54, 1.807) is 7.11 Å². The van der Waals surface area contributed by atoms with Crippen LogP contribution < -0.4 is 4.74 Å². The molecule has 0 aromatic heterocycles. The standard InChI is InChI=1S/C14H19NO3/c1-3-10-6-12-8-15(9-14(16)17)5-4-11(12)7-13(10)18-2/h6-7H,3-5,8-9H2,1-2H3,(H,16,17). The molecule has 1 aromatic carbocycles. The summed E-state index contributed by atoms with van der Waals surface area (Å²) in [6, 6.07) is 4.26. The van der Waals surface area contributed by atoms with Crippen LogP contribution >= 0.6 is 0 Å². The summed E-state index contributed by atoms with van der Waals surface area (Å²) in [6.45, 7) is 3.74. The second-order valence-corrected chi connectivity index (χ2v) is 4.64. The van der Waals surface area contributed by atoms with Gasteiger partial charge in [0.25, 0.3) is 0 Å². The van der Waals surface area contributed by atoms with Crippen LogP contribution in [0.1, 0.15) is 23.6 Å². The third-order valence-electron chi connectivity index (χ3n) is 3.43. The maximum absolute atomic E-state index is 10.7. The molecular weight excluding hydrogens is 230 g/mol. The van der Waals surface area contributed by atoms with Gasteiger partial charge in [0, 0.05) is 13.1 Å². The number of carbonyl (C=O) groups is 1. The maximum Gasteiger partial charge on any atom is 0.317 e. The lowest BCUT2D eigenvalue weighted by atomic mass is 9.95. The summed E-state index contributed by atoms with van der Waals surface area (Å²) in [6.07, 6.45) is 1.82. The summed E-state index contributed by atoms with van der Waals surface area (Å²) >= 11 is 0. The number of aliphatic carboxylic acids is 1. The van der Waals surface area contributed by atoms with Gasteiger partial charge in [0.2, 0.25) is 0 Å². The molecule has 0 saturated carbocycles. The molecule has 0 saturated heterocycles. The van der Waals surface area contributed by atoms with Crippen molar-refractivity contribution in [3.8, 4) is 5.75 Å². The van der Waals surface area contributed by atoms with Crippen LogP contribution in [0, 0.1) is 0 Å². The number of hydrogen-bond donors (Lipinski definition) is 1. The van der Waals surface area contributed by atoms with E-state index in [9.17, 15) is 4.79 Å². The Bertz CT molecular complexity index is 457. The van der Waals surface area contributed by atoms with Gasteiger partial charge in [0.05, 0.1) is 13.7 Å². The Morgan fingerprint density at radius 1 is 1.44 bits per heavy atom. The first kappa shape index (κ1) is 12.9. The molecule has 1 heterocycles. The largest absolute Gasteiger partial charge is 0.496 e. The molecule has 2 rings (SSSR count). The Morgan fingerprint density at radius 3 is 2.83 bits per heavy atom. The summed E-state index contributed by atoms with van der Waals surface area (Å²) in [5, 5.41) is 8.83. The molecule has 4 heteroatoms. The van der Waals surface area contributed by atoms with Crippen LogP contribution in [0.2, 0.25) is 0 Å². The lowest BCUT2D eigenvalue weighted by molar-refractivity contribution is -0.138. The Hall–Kier alpha value is -1.55. The molecule has 0 amide bonds. The number of ether oxygens (including phenoxy) is 1. The predicted molar refractivity (Wildman–Crippen MR) is 69.0 cm³/mol. The van der Waals surface area contributed by atoms with Gasteiger partial charge in [-0.25, -0.2) is 0 Å². The molecule has 0 fully saturated rings. The molecule has 0 spiro atoms. The Labute approximate surface area is 107 Å². The summed E-state index contributed by atoms with van der Waals surface area (Å²) in [5.41, 5.74) is 3.71. The van der Waals surface area contributed by atoms with Crippen molar-refractivity contribution in [1.29, 1.82) is 0 Å². The van der Waals surface area contributed by atoms with E-state index < -0.39 is 5.97 Å². The second kappa shape index (κ2) is 5.40. The number of hydrogen-bond acceptors (Lipinski definition) is 3. The fourth-order valence-corrected chi connectivity index (χ4v) is 2.49. The van der Waals surface area contributed by atoms with Crippen molar-refractivity contribution in [2.45, 2.75) is 26.3 Å². The quantitative estimate of drug-likeness (QED) is 0.882. The monoisotopic (exact) mass is 249 g/mol. The molecule has 18 heavy (non-hydrogen) atoms. The van der Waals surface area contributed by atoms with Crippen molar-refractivity contribution < 1.29 is 14.6 Å². The van der Waals surface area contributed by atoms with Crippen molar-refractivity contribution in [3.63, 3.8) is 0 Å². The first-order chi connectivity index (χ1) is 8.63. The van der Waals surface area contributed by atoms with Crippen molar-refractivity contribution in [1.82, 2.24) is 4.90 Å². The molecule has 0 aliphatic carbocycles. The molecule has 1 aliphatic heterocycles. The minimum atomic E-state index is -0.761. The van der Waals surface area contributed by atoms with Gasteiger partial charge in [0.1, 0.15) is 5.75 Å². The smallest absolute Gasteiger partial charge is 0.317 e. The van der Waals surface area contributed by atoms with Crippen LogP contribution in [-0.2, 0) is 24.2 Å². The zero-order chi connectivity index (χ0) is 13.1. The van der Waals surface area contributed by atoms with Crippen molar-refractivity contribution >= 4 is 5.97 Å². The van der Waals surface area contributed by atoms with Gasteiger partial charge >= 0.3 is 5.97 Å². The zero-order valence-electron chi connectivity index (χ0n) is 10.9. The SMILES string of the molecule is CCc1cc2c(cc1OC)CCN(CC(=O)O)C2. The predicted octanol–water partition coefficient (Wildman–Crippen LogP) is 1.70. The van der Waals surface area contributed by atoms with Gasteiger partial charge in [-0.05, 0) is 35.6 Å². The molecule has 0 radical (unpaired) electrons. The highest BCUT2D eigenvalue weighted by Crippen LogP contribution is 2.28. The molecule has 4 nitrogen and oxygen atoms in total. The Kier molecular flexibility index (Phi) is 3.87. The van der Waals surface area contributed by atoms with Crippen molar-refractivity contribution in [2.24, 2.45) is 0 Å². The topological polar surface area (TPSA) is 49.8 Å². The number of methoxy groups -OCH3 is 1. The third kappa shape index (κ3) is 2.64. The molecule has 1 aromatic rings. The average Bonchev–Trinajstić information content (AvgIpc) is 2.36. The molecule has 0 bridgehead atoms. The minimum Gasteiger partial charge on any atom is -0.496 e. The van der Waals surface area contributed by atoms with E-state index in [1.807, 2.05) is 4.90 Å². The van der Waals surface area contributed by atoms with E-state index in [0.717, 1.165) is 31.7 Å². The highest BCUT2D eigenvalue weighted by molar-refractivity contribution is 5.69. The number of benzene rings is 1. The molecule has 0 unspecified atom stereocenters. The number of aryl methyl sites for hydroxylation is 1. The van der Waals surface area contributed by atoms with Crippen LogP contribution in [0.3, 0.4) is 0 Å².